The Morgan fingerprint density at radius 2 is 1.94 bits per heavy atom. The highest BCUT2D eigenvalue weighted by molar-refractivity contribution is 5.99. The molecule has 0 aliphatic carbocycles. The maximum absolute atomic E-state index is 14.3. The van der Waals surface area contributed by atoms with Crippen LogP contribution in [-0.4, -0.2) is 55.3 Å². The third kappa shape index (κ3) is 5.29. The lowest BCUT2D eigenvalue weighted by molar-refractivity contribution is -0.119. The normalized spacial score (nSPS) is 15.3. The standard InChI is InChI=1S/C24H25FN6O4/c1-14(2)17-7-6-16(12-18(17)25)27-24(35)30-10-3-4-19(30)22(32)28-20-9-11-31(29-20)21-8-5-15(13-26-21)23(33)34/h5-9,11-14,19H,3-4,10H2,1-2H3,(H,27,35)(H,33,34)(H,28,29,32)/t19-/m1/s1. The molecular weight excluding hydrogens is 455 g/mol. The molecule has 2 aromatic heterocycles. The number of likely N-dealkylation sites (tertiary alicyclic amines) is 1. The number of aromatic nitrogens is 3. The minimum Gasteiger partial charge on any atom is -0.478 e. The van der Waals surface area contributed by atoms with E-state index >= 15 is 0 Å². The number of hydrogen-bond acceptors (Lipinski definition) is 5. The molecule has 3 heterocycles. The number of amides is 3. The second-order valence-corrected chi connectivity index (χ2v) is 8.52. The van der Waals surface area contributed by atoms with Gasteiger partial charge in [0.05, 0.1) is 5.56 Å². The summed E-state index contributed by atoms with van der Waals surface area (Å²) in [5, 5.41) is 18.6. The molecule has 1 aliphatic heterocycles. The van der Waals surface area contributed by atoms with E-state index in [-0.39, 0.29) is 17.3 Å². The van der Waals surface area contributed by atoms with Gasteiger partial charge in [-0.25, -0.2) is 23.6 Å². The van der Waals surface area contributed by atoms with Crippen molar-refractivity contribution in [2.45, 2.75) is 38.6 Å². The Morgan fingerprint density at radius 1 is 1.14 bits per heavy atom. The van der Waals surface area contributed by atoms with Crippen LogP contribution in [-0.2, 0) is 4.79 Å². The molecule has 1 atom stereocenters. The van der Waals surface area contributed by atoms with Gasteiger partial charge in [-0.1, -0.05) is 19.9 Å². The number of anilines is 2. The largest absolute Gasteiger partial charge is 0.478 e. The van der Waals surface area contributed by atoms with E-state index in [9.17, 15) is 18.8 Å². The third-order valence-electron chi connectivity index (χ3n) is 5.76. The van der Waals surface area contributed by atoms with Gasteiger partial charge in [-0.05, 0) is 48.6 Å². The number of urea groups is 1. The van der Waals surface area contributed by atoms with Gasteiger partial charge >= 0.3 is 12.0 Å². The average Bonchev–Trinajstić information content (AvgIpc) is 3.49. The Balaban J connectivity index is 1.40. The molecule has 10 nitrogen and oxygen atoms in total. The molecule has 3 amide bonds. The van der Waals surface area contributed by atoms with Crippen LogP contribution < -0.4 is 10.6 Å². The highest BCUT2D eigenvalue weighted by Crippen LogP contribution is 2.24. The highest BCUT2D eigenvalue weighted by atomic mass is 19.1. The first kappa shape index (κ1) is 23.9. The third-order valence-corrected chi connectivity index (χ3v) is 5.76. The number of carbonyl (C=O) groups is 3. The summed E-state index contributed by atoms with van der Waals surface area (Å²) in [4.78, 5) is 42.2. The molecule has 1 saturated heterocycles. The van der Waals surface area contributed by atoms with E-state index < -0.39 is 29.8 Å². The van der Waals surface area contributed by atoms with Crippen molar-refractivity contribution in [1.29, 1.82) is 0 Å². The number of aromatic carboxylic acids is 1. The first-order chi connectivity index (χ1) is 16.7. The molecular formula is C24H25FN6O4. The van der Waals surface area contributed by atoms with E-state index in [2.05, 4.69) is 20.7 Å². The van der Waals surface area contributed by atoms with E-state index in [1.54, 1.807) is 24.4 Å². The minimum atomic E-state index is -1.08. The molecule has 1 fully saturated rings. The fourth-order valence-electron chi connectivity index (χ4n) is 3.93. The van der Waals surface area contributed by atoms with Crippen molar-refractivity contribution in [3.05, 3.63) is 65.7 Å². The number of rotatable bonds is 6. The van der Waals surface area contributed by atoms with Crippen LogP contribution in [0.3, 0.4) is 0 Å². The number of hydrogen-bond donors (Lipinski definition) is 3. The Hall–Kier alpha value is -4.28. The number of carboxylic acid groups (broad SMARTS) is 1. The summed E-state index contributed by atoms with van der Waals surface area (Å²) < 4.78 is 15.7. The predicted molar refractivity (Wildman–Crippen MR) is 126 cm³/mol. The maximum atomic E-state index is 14.3. The quantitative estimate of drug-likeness (QED) is 0.491. The molecule has 0 saturated carbocycles. The van der Waals surface area contributed by atoms with Gasteiger partial charge in [-0.3, -0.25) is 4.79 Å². The van der Waals surface area contributed by atoms with Crippen molar-refractivity contribution in [1.82, 2.24) is 19.7 Å². The van der Waals surface area contributed by atoms with Crippen molar-refractivity contribution in [3.63, 3.8) is 0 Å². The monoisotopic (exact) mass is 480 g/mol. The summed E-state index contributed by atoms with van der Waals surface area (Å²) in [6, 6.07) is 7.87. The second-order valence-electron chi connectivity index (χ2n) is 8.52. The van der Waals surface area contributed by atoms with Crippen LogP contribution in [0.4, 0.5) is 20.7 Å². The van der Waals surface area contributed by atoms with Gasteiger partial charge in [0.15, 0.2) is 11.6 Å². The molecule has 35 heavy (non-hydrogen) atoms. The van der Waals surface area contributed by atoms with E-state index in [1.807, 2.05) is 13.8 Å². The summed E-state index contributed by atoms with van der Waals surface area (Å²) in [7, 11) is 0. The van der Waals surface area contributed by atoms with E-state index in [0.717, 1.165) is 0 Å². The Morgan fingerprint density at radius 3 is 2.60 bits per heavy atom. The molecule has 3 N–H and O–H groups in total. The van der Waals surface area contributed by atoms with Gasteiger partial charge in [0, 0.05) is 30.7 Å². The fourth-order valence-corrected chi connectivity index (χ4v) is 3.93. The van der Waals surface area contributed by atoms with Crippen LogP contribution in [0.15, 0.2) is 48.8 Å². The molecule has 1 aromatic carbocycles. The van der Waals surface area contributed by atoms with Gasteiger partial charge in [-0.2, -0.15) is 0 Å². The average molecular weight is 481 g/mol. The summed E-state index contributed by atoms with van der Waals surface area (Å²) in [6.07, 6.45) is 3.93. The van der Waals surface area contributed by atoms with E-state index in [0.29, 0.717) is 36.5 Å². The SMILES string of the molecule is CC(C)c1ccc(NC(=O)N2CCC[C@@H]2C(=O)Nc2ccn(-c3ccc(C(=O)O)cn3)n2)cc1F. The highest BCUT2D eigenvalue weighted by Gasteiger charge is 2.34. The molecule has 3 aromatic rings. The summed E-state index contributed by atoms with van der Waals surface area (Å²) in [5.74, 6) is -1.20. The second kappa shape index (κ2) is 9.92. The van der Waals surface area contributed by atoms with Crippen molar-refractivity contribution in [3.8, 4) is 5.82 Å². The number of pyridine rings is 1. The van der Waals surface area contributed by atoms with Crippen LogP contribution in [0, 0.1) is 5.82 Å². The number of halogens is 1. The number of benzene rings is 1. The van der Waals surface area contributed by atoms with E-state index in [4.69, 9.17) is 5.11 Å². The van der Waals surface area contributed by atoms with Crippen molar-refractivity contribution in [2.75, 3.05) is 17.2 Å². The predicted octanol–water partition coefficient (Wildman–Crippen LogP) is 3.86. The van der Waals surface area contributed by atoms with Gasteiger partial charge in [0.25, 0.3) is 0 Å². The Labute approximate surface area is 200 Å². The minimum absolute atomic E-state index is 0.0229. The lowest BCUT2D eigenvalue weighted by atomic mass is 10.0. The lowest BCUT2D eigenvalue weighted by Gasteiger charge is -2.24. The summed E-state index contributed by atoms with van der Waals surface area (Å²) in [5.41, 5.74) is 0.935. The molecule has 11 heteroatoms. The van der Waals surface area contributed by atoms with Crippen molar-refractivity contribution >= 4 is 29.4 Å². The molecule has 0 spiro atoms. The zero-order chi connectivity index (χ0) is 25.1. The molecule has 0 radical (unpaired) electrons. The molecule has 182 valence electrons. The van der Waals surface area contributed by atoms with Gasteiger partial charge in [-0.15, -0.1) is 5.10 Å². The van der Waals surface area contributed by atoms with E-state index in [1.165, 1.54) is 34.0 Å². The van der Waals surface area contributed by atoms with Crippen molar-refractivity contribution < 1.29 is 23.9 Å². The first-order valence-corrected chi connectivity index (χ1v) is 11.2. The van der Waals surface area contributed by atoms with Crippen LogP contribution in [0.5, 0.6) is 0 Å². The summed E-state index contributed by atoms with van der Waals surface area (Å²) in [6.45, 7) is 4.17. The number of carboxylic acids is 1. The number of nitrogens with one attached hydrogen (secondary N) is 2. The number of carbonyl (C=O) groups excluding carboxylic acids is 2. The van der Waals surface area contributed by atoms with Crippen molar-refractivity contribution in [2.24, 2.45) is 0 Å². The molecule has 4 rings (SSSR count). The Kier molecular flexibility index (Phi) is 6.76. The molecule has 0 bridgehead atoms. The van der Waals surface area contributed by atoms with Gasteiger partial charge in [0.1, 0.15) is 11.9 Å². The summed E-state index contributed by atoms with van der Waals surface area (Å²) >= 11 is 0. The topological polar surface area (TPSA) is 129 Å². The zero-order valence-electron chi connectivity index (χ0n) is 19.2. The maximum Gasteiger partial charge on any atom is 0.337 e. The fraction of sp³-hybridized carbons (Fsp3) is 0.292. The first-order valence-electron chi connectivity index (χ1n) is 11.2. The molecule has 1 aliphatic rings. The van der Waals surface area contributed by atoms with Crippen LogP contribution in [0.25, 0.3) is 5.82 Å². The van der Waals surface area contributed by atoms with Gasteiger partial charge < -0.3 is 20.6 Å². The zero-order valence-corrected chi connectivity index (χ0v) is 19.2. The van der Waals surface area contributed by atoms with Gasteiger partial charge in [0.2, 0.25) is 5.91 Å². The van der Waals surface area contributed by atoms with Crippen LogP contribution >= 0.6 is 0 Å². The molecule has 0 unspecified atom stereocenters. The Bertz CT molecular complexity index is 1260. The number of nitrogens with zero attached hydrogens (tertiary/aromatic N) is 4. The smallest absolute Gasteiger partial charge is 0.337 e. The van der Waals surface area contributed by atoms with Crippen LogP contribution in [0.2, 0.25) is 0 Å². The van der Waals surface area contributed by atoms with Crippen LogP contribution in [0.1, 0.15) is 48.5 Å². The lowest BCUT2D eigenvalue weighted by Crippen LogP contribution is -2.45.